The van der Waals surface area contributed by atoms with E-state index in [-0.39, 0.29) is 11.9 Å². The number of aliphatic hydroxyl groups is 1. The van der Waals surface area contributed by atoms with Crippen molar-refractivity contribution >= 4 is 29.3 Å². The number of hydrogen-bond acceptors (Lipinski definition) is 3. The van der Waals surface area contributed by atoms with Crippen molar-refractivity contribution in [3.8, 4) is 0 Å². The van der Waals surface area contributed by atoms with Gasteiger partial charge in [0.25, 0.3) is 0 Å². The fraction of sp³-hybridized carbons (Fsp3) is 0.208. The summed E-state index contributed by atoms with van der Waals surface area (Å²) in [4.78, 5) is 14.2. The summed E-state index contributed by atoms with van der Waals surface area (Å²) in [5, 5.41) is 14.6. The molecule has 3 rings (SSSR count). The van der Waals surface area contributed by atoms with Crippen LogP contribution in [0, 0.1) is 5.92 Å². The molecule has 0 spiro atoms. The van der Waals surface area contributed by atoms with E-state index < -0.39 is 12.0 Å². The Hall–Kier alpha value is -2.27. The Labute approximate surface area is 181 Å². The molecule has 0 aliphatic rings. The van der Waals surface area contributed by atoms with E-state index in [9.17, 15) is 9.90 Å². The van der Waals surface area contributed by atoms with Crippen LogP contribution < -0.4 is 5.32 Å². The van der Waals surface area contributed by atoms with Gasteiger partial charge in [-0.3, -0.25) is 4.79 Å². The van der Waals surface area contributed by atoms with Gasteiger partial charge in [0.15, 0.2) is 0 Å². The van der Waals surface area contributed by atoms with Crippen molar-refractivity contribution in [1.29, 1.82) is 0 Å². The summed E-state index contributed by atoms with van der Waals surface area (Å²) >= 11 is 7.53. The molecule has 0 aliphatic heterocycles. The Morgan fingerprint density at radius 3 is 2.14 bits per heavy atom. The molecular formula is C24H24ClNO2S. The molecule has 0 heterocycles. The third kappa shape index (κ3) is 6.10. The SMILES string of the molecule is C[C@H](NC(=O)C(CSc1ccccc1)C(O)c1ccc(Cl)cc1)c1ccccc1. The second-order valence-electron chi connectivity index (χ2n) is 6.87. The largest absolute Gasteiger partial charge is 0.388 e. The molecule has 3 atom stereocenters. The van der Waals surface area contributed by atoms with Crippen LogP contribution in [0.4, 0.5) is 0 Å². The second-order valence-corrected chi connectivity index (χ2v) is 8.40. The lowest BCUT2D eigenvalue weighted by Crippen LogP contribution is -2.37. The van der Waals surface area contributed by atoms with E-state index in [1.807, 2.05) is 67.6 Å². The molecule has 150 valence electrons. The molecule has 0 fully saturated rings. The van der Waals surface area contributed by atoms with Gasteiger partial charge < -0.3 is 10.4 Å². The second kappa shape index (κ2) is 10.5. The maximum absolute atomic E-state index is 13.1. The first kappa shape index (κ1) is 21.4. The van der Waals surface area contributed by atoms with Crippen molar-refractivity contribution in [3.05, 3.63) is 101 Å². The highest BCUT2D eigenvalue weighted by Gasteiger charge is 2.29. The van der Waals surface area contributed by atoms with Gasteiger partial charge in [0.2, 0.25) is 5.91 Å². The molecule has 29 heavy (non-hydrogen) atoms. The highest BCUT2D eigenvalue weighted by Crippen LogP contribution is 2.30. The minimum Gasteiger partial charge on any atom is -0.388 e. The Bertz CT molecular complexity index is 903. The molecule has 2 N–H and O–H groups in total. The number of amides is 1. The minimum absolute atomic E-state index is 0.148. The number of carbonyl (C=O) groups is 1. The Morgan fingerprint density at radius 1 is 0.931 bits per heavy atom. The fourth-order valence-electron chi connectivity index (χ4n) is 3.05. The third-order valence-corrected chi connectivity index (χ3v) is 6.14. The van der Waals surface area contributed by atoms with E-state index in [0.29, 0.717) is 16.3 Å². The molecule has 3 nitrogen and oxygen atoms in total. The first-order valence-electron chi connectivity index (χ1n) is 9.51. The zero-order chi connectivity index (χ0) is 20.6. The summed E-state index contributed by atoms with van der Waals surface area (Å²) in [5.41, 5.74) is 1.70. The number of hydrogen-bond donors (Lipinski definition) is 2. The van der Waals surface area contributed by atoms with Crippen molar-refractivity contribution in [2.24, 2.45) is 5.92 Å². The van der Waals surface area contributed by atoms with Crippen LogP contribution in [0.2, 0.25) is 5.02 Å². The van der Waals surface area contributed by atoms with Crippen LogP contribution in [-0.2, 0) is 4.79 Å². The van der Waals surface area contributed by atoms with Gasteiger partial charge in [0.1, 0.15) is 0 Å². The van der Waals surface area contributed by atoms with Gasteiger partial charge in [0.05, 0.1) is 18.1 Å². The normalized spacial score (nSPS) is 14.0. The summed E-state index contributed by atoms with van der Waals surface area (Å²) in [6.07, 6.45) is -0.925. The Kier molecular flexibility index (Phi) is 7.76. The van der Waals surface area contributed by atoms with E-state index in [1.54, 1.807) is 36.0 Å². The molecule has 0 radical (unpaired) electrons. The number of carbonyl (C=O) groups excluding carboxylic acids is 1. The first-order valence-corrected chi connectivity index (χ1v) is 10.9. The average molecular weight is 426 g/mol. The summed E-state index contributed by atoms with van der Waals surface area (Å²) in [7, 11) is 0. The molecule has 1 amide bonds. The minimum atomic E-state index is -0.925. The van der Waals surface area contributed by atoms with Crippen molar-refractivity contribution in [3.63, 3.8) is 0 Å². The summed E-state index contributed by atoms with van der Waals surface area (Å²) in [6.45, 7) is 1.95. The number of rotatable bonds is 8. The van der Waals surface area contributed by atoms with Crippen LogP contribution in [0.3, 0.4) is 0 Å². The van der Waals surface area contributed by atoms with Gasteiger partial charge in [-0.2, -0.15) is 0 Å². The number of aliphatic hydroxyl groups excluding tert-OH is 1. The molecule has 3 aromatic carbocycles. The lowest BCUT2D eigenvalue weighted by molar-refractivity contribution is -0.128. The zero-order valence-electron chi connectivity index (χ0n) is 16.2. The lowest BCUT2D eigenvalue weighted by atomic mass is 9.96. The van der Waals surface area contributed by atoms with E-state index >= 15 is 0 Å². The highest BCUT2D eigenvalue weighted by atomic mass is 35.5. The van der Waals surface area contributed by atoms with Crippen LogP contribution >= 0.6 is 23.4 Å². The number of benzene rings is 3. The maximum Gasteiger partial charge on any atom is 0.227 e. The van der Waals surface area contributed by atoms with Gasteiger partial charge in [-0.05, 0) is 42.3 Å². The molecule has 2 unspecified atom stereocenters. The van der Waals surface area contributed by atoms with Gasteiger partial charge in [-0.1, -0.05) is 72.3 Å². The summed E-state index contributed by atoms with van der Waals surface area (Å²) in [6, 6.07) is 26.5. The maximum atomic E-state index is 13.1. The lowest BCUT2D eigenvalue weighted by Gasteiger charge is -2.25. The average Bonchev–Trinajstić information content (AvgIpc) is 2.75. The Morgan fingerprint density at radius 2 is 1.52 bits per heavy atom. The van der Waals surface area contributed by atoms with E-state index in [4.69, 9.17) is 11.6 Å². The van der Waals surface area contributed by atoms with Gasteiger partial charge in [-0.25, -0.2) is 0 Å². The van der Waals surface area contributed by atoms with E-state index in [1.165, 1.54) is 0 Å². The van der Waals surface area contributed by atoms with E-state index in [0.717, 1.165) is 10.5 Å². The zero-order valence-corrected chi connectivity index (χ0v) is 17.7. The molecule has 0 aromatic heterocycles. The Balaban J connectivity index is 1.76. The van der Waals surface area contributed by atoms with Crippen LogP contribution in [0.5, 0.6) is 0 Å². The van der Waals surface area contributed by atoms with Crippen LogP contribution in [0.15, 0.2) is 89.8 Å². The number of halogens is 1. The smallest absolute Gasteiger partial charge is 0.227 e. The van der Waals surface area contributed by atoms with Crippen molar-refractivity contribution in [1.82, 2.24) is 5.32 Å². The van der Waals surface area contributed by atoms with E-state index in [2.05, 4.69) is 5.32 Å². The molecule has 5 heteroatoms. The topological polar surface area (TPSA) is 49.3 Å². The van der Waals surface area contributed by atoms with Crippen molar-refractivity contribution in [2.45, 2.75) is 24.0 Å². The predicted octanol–water partition coefficient (Wildman–Crippen LogP) is 5.66. The fourth-order valence-corrected chi connectivity index (χ4v) is 4.23. The van der Waals surface area contributed by atoms with Crippen LogP contribution in [0.1, 0.15) is 30.2 Å². The molecule has 0 saturated carbocycles. The quantitative estimate of drug-likeness (QED) is 0.458. The van der Waals surface area contributed by atoms with Crippen LogP contribution in [-0.4, -0.2) is 16.8 Å². The van der Waals surface area contributed by atoms with Gasteiger partial charge in [-0.15, -0.1) is 11.8 Å². The molecule has 0 aliphatic carbocycles. The highest BCUT2D eigenvalue weighted by molar-refractivity contribution is 7.99. The third-order valence-electron chi connectivity index (χ3n) is 4.76. The first-order chi connectivity index (χ1) is 14.0. The molecule has 0 saturated heterocycles. The summed E-state index contributed by atoms with van der Waals surface area (Å²) < 4.78 is 0. The number of nitrogens with one attached hydrogen (secondary N) is 1. The predicted molar refractivity (Wildman–Crippen MR) is 120 cm³/mol. The monoisotopic (exact) mass is 425 g/mol. The number of thioether (sulfide) groups is 1. The molecule has 0 bridgehead atoms. The standard InChI is InChI=1S/C24H24ClNO2S/c1-17(18-8-4-2-5-9-18)26-24(28)22(16-29-21-10-6-3-7-11-21)23(27)19-12-14-20(25)15-13-19/h2-15,17,22-23,27H,16H2,1H3,(H,26,28)/t17-,22?,23?/m0/s1. The van der Waals surface area contributed by atoms with Crippen molar-refractivity contribution in [2.75, 3.05) is 5.75 Å². The molecular weight excluding hydrogens is 402 g/mol. The van der Waals surface area contributed by atoms with Gasteiger partial charge >= 0.3 is 0 Å². The molecule has 3 aromatic rings. The summed E-state index contributed by atoms with van der Waals surface area (Å²) in [5.74, 6) is -0.319. The van der Waals surface area contributed by atoms with Crippen molar-refractivity contribution < 1.29 is 9.90 Å². The van der Waals surface area contributed by atoms with Gasteiger partial charge in [0, 0.05) is 15.7 Å². The van der Waals surface area contributed by atoms with Crippen LogP contribution in [0.25, 0.3) is 0 Å².